The molecule has 14 heteroatoms. The van der Waals surface area contributed by atoms with Crippen LogP contribution in [0.15, 0.2) is 40.2 Å². The fourth-order valence-electron chi connectivity index (χ4n) is 2.97. The Balaban J connectivity index is 2.39. The molecule has 3 rings (SSSR count). The first-order chi connectivity index (χ1) is 14.3. The number of halogens is 3. The molecule has 166 valence electrons. The van der Waals surface area contributed by atoms with Crippen LogP contribution in [0, 0.1) is 0 Å². The third-order valence-electron chi connectivity index (χ3n) is 4.12. The summed E-state index contributed by atoms with van der Waals surface area (Å²) in [5, 5.41) is -0.438. The first-order valence-corrected chi connectivity index (χ1v) is 10.3. The molecule has 1 unspecified atom stereocenters. The number of esters is 1. The van der Waals surface area contributed by atoms with Crippen LogP contribution in [0.25, 0.3) is 10.9 Å². The molecule has 0 aliphatic heterocycles. The number of alkyl halides is 3. The summed E-state index contributed by atoms with van der Waals surface area (Å²) in [5.74, 6) is -0.878. The fraction of sp³-hybridized carbons (Fsp3) is 0.235. The Morgan fingerprint density at radius 3 is 2.45 bits per heavy atom. The summed E-state index contributed by atoms with van der Waals surface area (Å²) >= 11 is 0. The molecule has 0 aliphatic carbocycles. The molecule has 0 saturated carbocycles. The highest BCUT2D eigenvalue weighted by Gasteiger charge is 2.37. The molecule has 10 nitrogen and oxygen atoms in total. The summed E-state index contributed by atoms with van der Waals surface area (Å²) in [6.45, 7) is 1.01. The van der Waals surface area contributed by atoms with Gasteiger partial charge in [0.2, 0.25) is 10.0 Å². The lowest BCUT2D eigenvalue weighted by Crippen LogP contribution is -2.43. The average Bonchev–Trinajstić information content (AvgIpc) is 3.15. The lowest BCUT2D eigenvalue weighted by Gasteiger charge is -2.22. The first kappa shape index (κ1) is 22.1. The van der Waals surface area contributed by atoms with E-state index in [1.165, 1.54) is 18.5 Å². The molecule has 0 radical (unpaired) electrons. The number of aromatic amines is 2. The van der Waals surface area contributed by atoms with Crippen LogP contribution in [0.5, 0.6) is 0 Å². The molecule has 1 aromatic carbocycles. The summed E-state index contributed by atoms with van der Waals surface area (Å²) in [5.41, 5.74) is -4.64. The van der Waals surface area contributed by atoms with Crippen molar-refractivity contribution < 1.29 is 31.1 Å². The van der Waals surface area contributed by atoms with Crippen molar-refractivity contribution in [1.82, 2.24) is 14.6 Å². The maximum absolute atomic E-state index is 13.8. The van der Waals surface area contributed by atoms with Gasteiger partial charge in [-0.1, -0.05) is 0 Å². The van der Waals surface area contributed by atoms with Crippen LogP contribution in [0.1, 0.15) is 29.7 Å². The van der Waals surface area contributed by atoms with Gasteiger partial charge in [0.15, 0.2) is 6.10 Å². The number of rotatable bonds is 5. The topological polar surface area (TPSA) is 143 Å². The van der Waals surface area contributed by atoms with E-state index in [2.05, 4.69) is 4.98 Å². The van der Waals surface area contributed by atoms with E-state index >= 15 is 0 Å². The number of nitrogens with zero attached hydrogens (tertiary/aromatic N) is 1. The second kappa shape index (κ2) is 7.61. The molecule has 0 aliphatic rings. The predicted octanol–water partition coefficient (Wildman–Crippen LogP) is 1.19. The molecule has 0 bridgehead atoms. The SMILES string of the molecule is CC(=O)OC(c1cc[nH]c1)c1cc2c(=O)n(NS(C)(=O)=O)c(=O)[nH]c2cc1C(F)(F)F. The van der Waals surface area contributed by atoms with Crippen molar-refractivity contribution in [2.45, 2.75) is 19.2 Å². The molecule has 2 heterocycles. The minimum Gasteiger partial charge on any atom is -0.453 e. The molecule has 0 amide bonds. The molecule has 31 heavy (non-hydrogen) atoms. The zero-order valence-corrected chi connectivity index (χ0v) is 16.7. The van der Waals surface area contributed by atoms with Gasteiger partial charge in [0.25, 0.3) is 5.56 Å². The summed E-state index contributed by atoms with van der Waals surface area (Å²) in [6, 6.07) is 2.72. The fourth-order valence-corrected chi connectivity index (χ4v) is 3.47. The number of hydrogen-bond donors (Lipinski definition) is 3. The number of hydrogen-bond acceptors (Lipinski definition) is 6. The number of ether oxygens (including phenoxy) is 1. The highest BCUT2D eigenvalue weighted by atomic mass is 32.2. The monoisotopic (exact) mass is 460 g/mol. The van der Waals surface area contributed by atoms with Crippen molar-refractivity contribution in [2.75, 3.05) is 11.1 Å². The van der Waals surface area contributed by atoms with Gasteiger partial charge in [-0.25, -0.2) is 18.0 Å². The molecule has 0 saturated heterocycles. The summed E-state index contributed by atoms with van der Waals surface area (Å²) in [7, 11) is -4.06. The number of carbonyl (C=O) groups excluding carboxylic acids is 1. The van der Waals surface area contributed by atoms with Gasteiger partial charge in [0.1, 0.15) is 0 Å². The van der Waals surface area contributed by atoms with Gasteiger partial charge in [0.05, 0.1) is 22.7 Å². The van der Waals surface area contributed by atoms with Crippen molar-refractivity contribution in [3.8, 4) is 0 Å². The quantitative estimate of drug-likeness (QED) is 0.488. The maximum Gasteiger partial charge on any atom is 0.416 e. The second-order valence-corrected chi connectivity index (χ2v) is 8.28. The van der Waals surface area contributed by atoms with Crippen molar-refractivity contribution in [2.24, 2.45) is 0 Å². The number of fused-ring (bicyclic) bond motifs is 1. The van der Waals surface area contributed by atoms with E-state index in [9.17, 15) is 36.0 Å². The number of sulfonamides is 1. The number of aromatic nitrogens is 3. The van der Waals surface area contributed by atoms with Crippen molar-refractivity contribution in [3.05, 3.63) is 68.1 Å². The summed E-state index contributed by atoms with van der Waals surface area (Å²) in [6.07, 6.45) is -3.07. The molecule has 0 fully saturated rings. The van der Waals surface area contributed by atoms with Gasteiger partial charge < -0.3 is 14.7 Å². The highest BCUT2D eigenvalue weighted by Crippen LogP contribution is 2.39. The first-order valence-electron chi connectivity index (χ1n) is 8.46. The van der Waals surface area contributed by atoms with Crippen LogP contribution in [0.2, 0.25) is 0 Å². The number of benzene rings is 1. The van der Waals surface area contributed by atoms with Crippen molar-refractivity contribution >= 4 is 26.9 Å². The van der Waals surface area contributed by atoms with Crippen molar-refractivity contribution in [1.29, 1.82) is 0 Å². The molecular formula is C17H15F3N4O6S. The lowest BCUT2D eigenvalue weighted by atomic mass is 9.96. The largest absolute Gasteiger partial charge is 0.453 e. The van der Waals surface area contributed by atoms with Gasteiger partial charge in [-0.05, 0) is 18.2 Å². The minimum atomic E-state index is -4.94. The van der Waals surface area contributed by atoms with Crippen molar-refractivity contribution in [3.63, 3.8) is 0 Å². The van der Waals surface area contributed by atoms with Gasteiger partial charge in [-0.2, -0.15) is 17.8 Å². The van der Waals surface area contributed by atoms with E-state index < -0.39 is 61.6 Å². The number of carbonyl (C=O) groups is 1. The van der Waals surface area contributed by atoms with E-state index in [1.54, 1.807) is 4.83 Å². The Morgan fingerprint density at radius 2 is 1.94 bits per heavy atom. The molecule has 3 aromatic rings. The smallest absolute Gasteiger partial charge is 0.416 e. The Morgan fingerprint density at radius 1 is 1.26 bits per heavy atom. The number of nitrogens with one attached hydrogen (secondary N) is 3. The zero-order valence-electron chi connectivity index (χ0n) is 15.9. The molecule has 2 aromatic heterocycles. The van der Waals surface area contributed by atoms with Crippen LogP contribution >= 0.6 is 0 Å². The normalized spacial score (nSPS) is 13.2. The molecular weight excluding hydrogens is 445 g/mol. The third kappa shape index (κ3) is 4.63. The van der Waals surface area contributed by atoms with E-state index in [-0.39, 0.29) is 10.2 Å². The van der Waals surface area contributed by atoms with E-state index in [4.69, 9.17) is 4.74 Å². The standard InChI is InChI=1S/C17H15F3N4O6S/c1-8(25)30-14(9-3-4-21-7-9)10-5-11-13(6-12(10)17(18,19)20)22-16(27)24(15(11)26)23-31(2,28)29/h3-7,14,21,23H,1-2H3,(H,22,27). The van der Waals surface area contributed by atoms with Crippen LogP contribution in [0.3, 0.4) is 0 Å². The van der Waals surface area contributed by atoms with E-state index in [1.807, 2.05) is 4.98 Å². The van der Waals surface area contributed by atoms with Crippen LogP contribution in [0.4, 0.5) is 13.2 Å². The second-order valence-electron chi connectivity index (χ2n) is 6.55. The molecule has 1 atom stereocenters. The van der Waals surface area contributed by atoms with Crippen LogP contribution < -0.4 is 16.1 Å². The van der Waals surface area contributed by atoms with Gasteiger partial charge in [0, 0.05) is 30.4 Å². The minimum absolute atomic E-state index is 0.117. The summed E-state index contributed by atoms with van der Waals surface area (Å²) in [4.78, 5) is 42.7. The third-order valence-corrected chi connectivity index (χ3v) is 4.64. The van der Waals surface area contributed by atoms with E-state index in [0.29, 0.717) is 12.3 Å². The Hall–Kier alpha value is -3.55. The molecule has 0 spiro atoms. The maximum atomic E-state index is 13.8. The average molecular weight is 460 g/mol. The van der Waals surface area contributed by atoms with Gasteiger partial charge in [-0.15, -0.1) is 0 Å². The number of H-pyrrole nitrogens is 2. The predicted molar refractivity (Wildman–Crippen MR) is 102 cm³/mol. The van der Waals surface area contributed by atoms with E-state index in [0.717, 1.165) is 13.0 Å². The lowest BCUT2D eigenvalue weighted by molar-refractivity contribution is -0.148. The zero-order chi connectivity index (χ0) is 23.1. The Labute approximate surface area is 171 Å². The van der Waals surface area contributed by atoms with Crippen LogP contribution in [-0.2, 0) is 25.7 Å². The van der Waals surface area contributed by atoms with Gasteiger partial charge >= 0.3 is 17.8 Å². The van der Waals surface area contributed by atoms with Crippen LogP contribution in [-0.4, -0.2) is 35.3 Å². The Bertz CT molecular complexity index is 1370. The highest BCUT2D eigenvalue weighted by molar-refractivity contribution is 7.91. The Kier molecular flexibility index (Phi) is 5.43. The van der Waals surface area contributed by atoms with Gasteiger partial charge in [-0.3, -0.25) is 9.59 Å². The molecule has 3 N–H and O–H groups in total. The summed E-state index contributed by atoms with van der Waals surface area (Å²) < 4.78 is 69.5.